The molecule has 0 unspecified atom stereocenters. The van der Waals surface area contributed by atoms with Gasteiger partial charge in [0.15, 0.2) is 0 Å². The predicted octanol–water partition coefficient (Wildman–Crippen LogP) is 3.74. The molecule has 1 aliphatic carbocycles. The van der Waals surface area contributed by atoms with Gasteiger partial charge in [0.2, 0.25) is 5.91 Å². The van der Waals surface area contributed by atoms with Crippen LogP contribution in [-0.2, 0) is 15.8 Å². The number of halogens is 4. The number of thioether (sulfide) groups is 1. The Balaban J connectivity index is 1.61. The molecule has 1 aliphatic heterocycles. The van der Waals surface area contributed by atoms with E-state index in [4.69, 9.17) is 11.6 Å². The Labute approximate surface area is 168 Å². The van der Waals surface area contributed by atoms with Crippen LogP contribution in [0.15, 0.2) is 23.1 Å². The molecule has 28 heavy (non-hydrogen) atoms. The van der Waals surface area contributed by atoms with Gasteiger partial charge < -0.3 is 5.32 Å². The number of amides is 4. The van der Waals surface area contributed by atoms with Crippen molar-refractivity contribution in [3.05, 3.63) is 28.8 Å². The summed E-state index contributed by atoms with van der Waals surface area (Å²) < 4.78 is 38.7. The van der Waals surface area contributed by atoms with Gasteiger partial charge in [0.1, 0.15) is 5.54 Å². The van der Waals surface area contributed by atoms with Crippen LogP contribution in [0.25, 0.3) is 0 Å². The molecule has 1 spiro atoms. The Hall–Kier alpha value is -1.94. The summed E-state index contributed by atoms with van der Waals surface area (Å²) in [5, 5.41) is 2.89. The molecule has 2 aliphatic rings. The first-order valence-corrected chi connectivity index (χ1v) is 9.94. The number of nitrogens with one attached hydrogen (secondary N) is 2. The normalized spacial score (nSPS) is 19.1. The monoisotopic (exact) mass is 435 g/mol. The fourth-order valence-electron chi connectivity index (χ4n) is 3.33. The Bertz CT molecular complexity index is 813. The van der Waals surface area contributed by atoms with E-state index in [1.54, 1.807) is 0 Å². The Kier molecular flexibility index (Phi) is 5.81. The van der Waals surface area contributed by atoms with E-state index in [9.17, 15) is 27.6 Å². The molecule has 1 saturated heterocycles. The summed E-state index contributed by atoms with van der Waals surface area (Å²) in [6.07, 6.45) is -0.976. The number of carbonyl (C=O) groups is 3. The van der Waals surface area contributed by atoms with Crippen LogP contribution >= 0.6 is 23.4 Å². The van der Waals surface area contributed by atoms with Crippen molar-refractivity contribution in [2.45, 2.75) is 48.7 Å². The number of rotatable bonds is 4. The molecule has 11 heteroatoms. The van der Waals surface area contributed by atoms with Crippen molar-refractivity contribution >= 4 is 41.2 Å². The van der Waals surface area contributed by atoms with E-state index in [0.717, 1.165) is 43.2 Å². The van der Waals surface area contributed by atoms with E-state index in [2.05, 4.69) is 10.7 Å². The van der Waals surface area contributed by atoms with Crippen LogP contribution in [-0.4, -0.2) is 34.1 Å². The molecule has 0 bridgehead atoms. The summed E-state index contributed by atoms with van der Waals surface area (Å²) in [4.78, 5) is 37.0. The minimum Gasteiger partial charge on any atom is -0.322 e. The van der Waals surface area contributed by atoms with E-state index < -0.39 is 40.1 Å². The van der Waals surface area contributed by atoms with Crippen LogP contribution in [0.2, 0.25) is 5.02 Å². The van der Waals surface area contributed by atoms with E-state index in [1.807, 2.05) is 0 Å². The minimum atomic E-state index is -4.61. The summed E-state index contributed by atoms with van der Waals surface area (Å²) in [5.41, 5.74) is 0.283. The molecule has 2 N–H and O–H groups in total. The van der Waals surface area contributed by atoms with Crippen molar-refractivity contribution in [1.29, 1.82) is 0 Å². The lowest BCUT2D eigenvalue weighted by Crippen LogP contribution is -2.51. The van der Waals surface area contributed by atoms with Crippen LogP contribution in [0.1, 0.15) is 37.7 Å². The quantitative estimate of drug-likeness (QED) is 0.558. The summed E-state index contributed by atoms with van der Waals surface area (Å²) in [6.45, 7) is 0. The highest BCUT2D eigenvalue weighted by molar-refractivity contribution is 8.00. The van der Waals surface area contributed by atoms with Crippen molar-refractivity contribution in [1.82, 2.24) is 15.8 Å². The number of hydrazine groups is 1. The van der Waals surface area contributed by atoms with Crippen molar-refractivity contribution in [3.63, 3.8) is 0 Å². The van der Waals surface area contributed by atoms with Crippen molar-refractivity contribution in [3.8, 4) is 0 Å². The van der Waals surface area contributed by atoms with Gasteiger partial charge in [-0.25, -0.2) is 4.79 Å². The summed E-state index contributed by atoms with van der Waals surface area (Å²) in [6, 6.07) is 2.62. The Morgan fingerprint density at radius 1 is 1.25 bits per heavy atom. The molecule has 3 rings (SSSR count). The molecule has 6 nitrogen and oxygen atoms in total. The van der Waals surface area contributed by atoms with Crippen LogP contribution in [0.3, 0.4) is 0 Å². The molecule has 1 saturated carbocycles. The second kappa shape index (κ2) is 7.82. The molecule has 0 atom stereocenters. The maximum atomic E-state index is 12.9. The van der Waals surface area contributed by atoms with E-state index in [1.165, 1.54) is 6.07 Å². The fourth-order valence-corrected chi connectivity index (χ4v) is 4.29. The van der Waals surface area contributed by atoms with Gasteiger partial charge >= 0.3 is 12.2 Å². The maximum Gasteiger partial charge on any atom is 0.417 e. The highest BCUT2D eigenvalue weighted by atomic mass is 35.5. The average molecular weight is 436 g/mol. The summed E-state index contributed by atoms with van der Waals surface area (Å²) in [7, 11) is 0. The number of hydrogen-bond acceptors (Lipinski definition) is 4. The number of nitrogens with zero attached hydrogens (tertiary/aromatic N) is 1. The number of carbonyl (C=O) groups excluding carboxylic acids is 3. The van der Waals surface area contributed by atoms with Crippen LogP contribution < -0.4 is 10.7 Å². The number of benzene rings is 1. The molecule has 0 radical (unpaired) electrons. The van der Waals surface area contributed by atoms with Gasteiger partial charge in [0, 0.05) is 4.90 Å². The van der Waals surface area contributed by atoms with Crippen molar-refractivity contribution in [2.75, 3.05) is 5.75 Å². The lowest BCUT2D eigenvalue weighted by molar-refractivity contribution is -0.139. The summed E-state index contributed by atoms with van der Waals surface area (Å²) >= 11 is 6.40. The van der Waals surface area contributed by atoms with Gasteiger partial charge in [0.25, 0.3) is 5.91 Å². The SMILES string of the molecule is O=C(CSc1ccc(Cl)c(C(F)(F)F)c1)NN1C(=O)NC2(CCCCC2)C1=O. The molecule has 152 valence electrons. The zero-order valence-corrected chi connectivity index (χ0v) is 16.1. The van der Waals surface area contributed by atoms with E-state index >= 15 is 0 Å². The topological polar surface area (TPSA) is 78.5 Å². The van der Waals surface area contributed by atoms with Crippen molar-refractivity contribution in [2.24, 2.45) is 0 Å². The first kappa shape index (κ1) is 20.8. The van der Waals surface area contributed by atoms with Gasteiger partial charge in [-0.3, -0.25) is 15.0 Å². The number of hydrogen-bond donors (Lipinski definition) is 2. The molecule has 4 amide bonds. The maximum absolute atomic E-state index is 12.9. The van der Waals surface area contributed by atoms with E-state index in [-0.39, 0.29) is 10.6 Å². The number of imide groups is 1. The molecular weight excluding hydrogens is 419 g/mol. The standard InChI is InChI=1S/C17H17ClF3N3O3S/c18-12-5-4-10(8-11(12)17(19,20)21)28-9-13(25)23-24-14(26)16(22-15(24)27)6-2-1-3-7-16/h4-5,8H,1-3,6-7,9H2,(H,22,27)(H,23,25). The lowest BCUT2D eigenvalue weighted by atomic mass is 9.82. The largest absolute Gasteiger partial charge is 0.417 e. The van der Waals surface area contributed by atoms with Crippen molar-refractivity contribution < 1.29 is 27.6 Å². The number of alkyl halides is 3. The lowest BCUT2D eigenvalue weighted by Gasteiger charge is -2.30. The van der Waals surface area contributed by atoms with Gasteiger partial charge in [-0.2, -0.15) is 18.2 Å². The van der Waals surface area contributed by atoms with E-state index in [0.29, 0.717) is 17.9 Å². The molecule has 1 heterocycles. The summed E-state index contributed by atoms with van der Waals surface area (Å²) in [5.74, 6) is -1.45. The predicted molar refractivity (Wildman–Crippen MR) is 96.5 cm³/mol. The molecular formula is C17H17ClF3N3O3S. The average Bonchev–Trinajstić information content (AvgIpc) is 2.85. The molecule has 0 aromatic heterocycles. The molecule has 1 aromatic rings. The smallest absolute Gasteiger partial charge is 0.322 e. The zero-order chi connectivity index (χ0) is 20.5. The third-order valence-corrected chi connectivity index (χ3v) is 6.04. The van der Waals surface area contributed by atoms with Gasteiger partial charge in [-0.15, -0.1) is 11.8 Å². The second-order valence-electron chi connectivity index (χ2n) is 6.68. The molecule has 1 aromatic carbocycles. The highest BCUT2D eigenvalue weighted by Crippen LogP contribution is 2.37. The van der Waals surface area contributed by atoms with Gasteiger partial charge in [-0.1, -0.05) is 30.9 Å². The van der Waals surface area contributed by atoms with Crippen LogP contribution in [0.5, 0.6) is 0 Å². The Morgan fingerprint density at radius 2 is 1.93 bits per heavy atom. The zero-order valence-electron chi connectivity index (χ0n) is 14.6. The number of urea groups is 1. The first-order valence-electron chi connectivity index (χ1n) is 8.58. The fraction of sp³-hybridized carbons (Fsp3) is 0.471. The second-order valence-corrected chi connectivity index (χ2v) is 8.13. The minimum absolute atomic E-state index is 0.188. The van der Waals surface area contributed by atoms with Crippen LogP contribution in [0.4, 0.5) is 18.0 Å². The third-order valence-electron chi connectivity index (χ3n) is 4.72. The molecule has 2 fully saturated rings. The first-order chi connectivity index (χ1) is 13.1. The highest BCUT2D eigenvalue weighted by Gasteiger charge is 2.52. The Morgan fingerprint density at radius 3 is 2.57 bits per heavy atom. The third kappa shape index (κ3) is 4.22. The van der Waals surface area contributed by atoms with Crippen LogP contribution in [0, 0.1) is 0 Å². The van der Waals surface area contributed by atoms with Gasteiger partial charge in [-0.05, 0) is 31.0 Å². The van der Waals surface area contributed by atoms with Gasteiger partial charge in [0.05, 0.1) is 16.3 Å².